The highest BCUT2D eigenvalue weighted by Crippen LogP contribution is 2.14. The molecule has 0 aliphatic carbocycles. The van der Waals surface area contributed by atoms with Crippen LogP contribution < -0.4 is 5.32 Å². The van der Waals surface area contributed by atoms with Crippen molar-refractivity contribution in [3.05, 3.63) is 33.1 Å². The topological polar surface area (TPSA) is 49.3 Å². The van der Waals surface area contributed by atoms with Crippen LogP contribution in [-0.4, -0.2) is 23.7 Å². The van der Waals surface area contributed by atoms with Crippen LogP contribution in [0.15, 0.2) is 18.2 Å². The highest BCUT2D eigenvalue weighted by molar-refractivity contribution is 14.1. The van der Waals surface area contributed by atoms with Gasteiger partial charge in [0.15, 0.2) is 0 Å². The zero-order valence-corrected chi connectivity index (χ0v) is 11.9. The molecule has 0 aromatic heterocycles. The lowest BCUT2D eigenvalue weighted by molar-refractivity contribution is 0.0896. The van der Waals surface area contributed by atoms with E-state index < -0.39 is 0 Å². The molecule has 1 amide bonds. The Balaban J connectivity index is 2.82. The van der Waals surface area contributed by atoms with E-state index in [0.717, 1.165) is 0 Å². The van der Waals surface area contributed by atoms with Gasteiger partial charge in [0.2, 0.25) is 0 Å². The first kappa shape index (κ1) is 14.4. The van der Waals surface area contributed by atoms with Gasteiger partial charge in [-0.25, -0.2) is 4.39 Å². The summed E-state index contributed by atoms with van der Waals surface area (Å²) in [4.78, 5) is 11.9. The molecule has 0 aliphatic rings. The zero-order valence-electron chi connectivity index (χ0n) is 9.71. The summed E-state index contributed by atoms with van der Waals surface area (Å²) >= 11 is 1.91. The minimum atomic E-state index is -0.367. The fraction of sp³-hybridized carbons (Fsp3) is 0.417. The van der Waals surface area contributed by atoms with Crippen molar-refractivity contribution < 1.29 is 14.3 Å². The number of benzene rings is 1. The number of amides is 1. The lowest BCUT2D eigenvalue weighted by atomic mass is 10.0. The Kier molecular flexibility index (Phi) is 5.32. The molecule has 5 heteroatoms. The second-order valence-electron chi connectivity index (χ2n) is 4.13. The van der Waals surface area contributed by atoms with Crippen molar-refractivity contribution in [1.82, 2.24) is 5.32 Å². The van der Waals surface area contributed by atoms with Crippen LogP contribution in [0.2, 0.25) is 0 Å². The maximum absolute atomic E-state index is 12.9. The van der Waals surface area contributed by atoms with Gasteiger partial charge in [0.1, 0.15) is 5.82 Å². The van der Waals surface area contributed by atoms with Crippen LogP contribution in [0.5, 0.6) is 0 Å². The van der Waals surface area contributed by atoms with Gasteiger partial charge in [-0.15, -0.1) is 0 Å². The Morgan fingerprint density at radius 2 is 2.18 bits per heavy atom. The van der Waals surface area contributed by atoms with E-state index in [4.69, 9.17) is 5.11 Å². The van der Waals surface area contributed by atoms with Gasteiger partial charge in [-0.05, 0) is 46.7 Å². The Bertz CT molecular complexity index is 409. The molecule has 0 aliphatic heterocycles. The van der Waals surface area contributed by atoms with Crippen LogP contribution in [0.25, 0.3) is 0 Å². The van der Waals surface area contributed by atoms with Crippen molar-refractivity contribution >= 4 is 28.5 Å². The molecule has 0 spiro atoms. The number of rotatable bonds is 4. The van der Waals surface area contributed by atoms with Gasteiger partial charge in [-0.1, -0.05) is 13.8 Å². The molecule has 1 aromatic rings. The molecule has 1 rings (SSSR count). The Labute approximate surface area is 114 Å². The Hall–Kier alpha value is -0.690. The summed E-state index contributed by atoms with van der Waals surface area (Å²) in [6, 6.07) is 3.71. The molecule has 0 fully saturated rings. The van der Waals surface area contributed by atoms with Crippen LogP contribution in [0.3, 0.4) is 0 Å². The molecule has 1 aromatic carbocycles. The van der Waals surface area contributed by atoms with E-state index in [-0.39, 0.29) is 30.3 Å². The second kappa shape index (κ2) is 6.30. The molecule has 0 saturated carbocycles. The number of aliphatic hydroxyl groups is 1. The molecule has 2 N–H and O–H groups in total. The van der Waals surface area contributed by atoms with E-state index in [1.165, 1.54) is 18.2 Å². The number of carbonyl (C=O) groups excluding carboxylic acids is 1. The molecule has 0 unspecified atom stereocenters. The van der Waals surface area contributed by atoms with Gasteiger partial charge in [0, 0.05) is 3.57 Å². The van der Waals surface area contributed by atoms with Gasteiger partial charge in [0.25, 0.3) is 5.91 Å². The molecule has 17 heavy (non-hydrogen) atoms. The maximum Gasteiger partial charge on any atom is 0.252 e. The molecular weight excluding hydrogens is 336 g/mol. The fourth-order valence-corrected chi connectivity index (χ4v) is 2.07. The molecule has 1 atom stereocenters. The number of carbonyl (C=O) groups is 1. The molecule has 0 radical (unpaired) electrons. The number of hydrogen-bond acceptors (Lipinski definition) is 2. The quantitative estimate of drug-likeness (QED) is 0.817. The van der Waals surface area contributed by atoms with E-state index >= 15 is 0 Å². The van der Waals surface area contributed by atoms with E-state index in [2.05, 4.69) is 5.32 Å². The van der Waals surface area contributed by atoms with Crippen LogP contribution >= 0.6 is 22.6 Å². The highest BCUT2D eigenvalue weighted by atomic mass is 127. The van der Waals surface area contributed by atoms with Gasteiger partial charge in [-0.3, -0.25) is 4.79 Å². The smallest absolute Gasteiger partial charge is 0.252 e. The summed E-state index contributed by atoms with van der Waals surface area (Å²) in [5, 5.41) is 11.9. The molecule has 94 valence electrons. The number of hydrogen-bond donors (Lipinski definition) is 2. The molecule has 0 heterocycles. The fourth-order valence-electron chi connectivity index (χ4n) is 1.34. The summed E-state index contributed by atoms with van der Waals surface area (Å²) in [7, 11) is 0. The first-order chi connectivity index (χ1) is 7.95. The van der Waals surface area contributed by atoms with Gasteiger partial charge >= 0.3 is 0 Å². The predicted molar refractivity (Wildman–Crippen MR) is 72.3 cm³/mol. The third-order valence-corrected chi connectivity index (χ3v) is 3.39. The first-order valence-electron chi connectivity index (χ1n) is 5.32. The van der Waals surface area contributed by atoms with Crippen molar-refractivity contribution in [3.8, 4) is 0 Å². The normalized spacial score (nSPS) is 12.6. The number of nitrogens with one attached hydrogen (secondary N) is 1. The summed E-state index contributed by atoms with van der Waals surface area (Å²) < 4.78 is 13.4. The largest absolute Gasteiger partial charge is 0.394 e. The average Bonchev–Trinajstić information content (AvgIpc) is 2.24. The van der Waals surface area contributed by atoms with Gasteiger partial charge in [-0.2, -0.15) is 0 Å². The first-order valence-corrected chi connectivity index (χ1v) is 6.40. The summed E-state index contributed by atoms with van der Waals surface area (Å²) in [6.45, 7) is 3.72. The summed E-state index contributed by atoms with van der Waals surface area (Å²) in [6.07, 6.45) is 0. The zero-order chi connectivity index (χ0) is 13.0. The predicted octanol–water partition coefficient (Wildman–Crippen LogP) is 2.18. The van der Waals surface area contributed by atoms with Crippen LogP contribution in [0, 0.1) is 15.3 Å². The third kappa shape index (κ3) is 3.92. The van der Waals surface area contributed by atoms with E-state index in [0.29, 0.717) is 9.13 Å². The lowest BCUT2D eigenvalue weighted by Crippen LogP contribution is -2.41. The van der Waals surface area contributed by atoms with Crippen LogP contribution in [-0.2, 0) is 0 Å². The molecule has 0 saturated heterocycles. The van der Waals surface area contributed by atoms with E-state index in [1.54, 1.807) is 0 Å². The minimum Gasteiger partial charge on any atom is -0.394 e. The Morgan fingerprint density at radius 1 is 1.53 bits per heavy atom. The molecular formula is C12H15FINO2. The second-order valence-corrected chi connectivity index (χ2v) is 5.29. The average molecular weight is 351 g/mol. The number of halogens is 2. The minimum absolute atomic E-state index is 0.110. The maximum atomic E-state index is 12.9. The molecule has 3 nitrogen and oxygen atoms in total. The van der Waals surface area contributed by atoms with Gasteiger partial charge < -0.3 is 10.4 Å². The summed E-state index contributed by atoms with van der Waals surface area (Å²) in [5.41, 5.74) is 0.422. The van der Waals surface area contributed by atoms with Gasteiger partial charge in [0.05, 0.1) is 18.2 Å². The standard InChI is InChI=1S/C12H15FINO2/c1-7(2)11(6-16)15-12(17)9-4-3-8(13)5-10(9)14/h3-5,7,11,16H,6H2,1-2H3,(H,15,17)/t11-/m1/s1. The van der Waals surface area contributed by atoms with Crippen molar-refractivity contribution in [2.75, 3.05) is 6.61 Å². The third-order valence-electron chi connectivity index (χ3n) is 2.49. The summed E-state index contributed by atoms with van der Waals surface area (Å²) in [5.74, 6) is -0.516. The van der Waals surface area contributed by atoms with Crippen molar-refractivity contribution in [1.29, 1.82) is 0 Å². The molecule has 0 bridgehead atoms. The number of aliphatic hydroxyl groups excluding tert-OH is 1. The monoisotopic (exact) mass is 351 g/mol. The SMILES string of the molecule is CC(C)[C@@H](CO)NC(=O)c1ccc(F)cc1I. The van der Waals surface area contributed by atoms with Crippen molar-refractivity contribution in [3.63, 3.8) is 0 Å². The van der Waals surface area contributed by atoms with Crippen molar-refractivity contribution in [2.24, 2.45) is 5.92 Å². The van der Waals surface area contributed by atoms with Crippen LogP contribution in [0.4, 0.5) is 4.39 Å². The highest BCUT2D eigenvalue weighted by Gasteiger charge is 2.17. The lowest BCUT2D eigenvalue weighted by Gasteiger charge is -2.20. The van der Waals surface area contributed by atoms with Crippen LogP contribution in [0.1, 0.15) is 24.2 Å². The van der Waals surface area contributed by atoms with E-state index in [1.807, 2.05) is 36.4 Å². The van der Waals surface area contributed by atoms with E-state index in [9.17, 15) is 9.18 Å². The van der Waals surface area contributed by atoms with Crippen molar-refractivity contribution in [2.45, 2.75) is 19.9 Å². The Morgan fingerprint density at radius 3 is 2.65 bits per heavy atom.